The lowest BCUT2D eigenvalue weighted by molar-refractivity contribution is -0.122. The van der Waals surface area contributed by atoms with E-state index in [4.69, 9.17) is 4.74 Å². The number of hydrogen-bond donors (Lipinski definition) is 2. The van der Waals surface area contributed by atoms with Crippen LogP contribution >= 0.6 is 0 Å². The standard InChI is InChI=1S/C16H24N2O2/c1-13-5-2-3-6-15(13)20-12-4-7-16(19)18-14-8-10-17-11-9-14/h2-3,5-6,14,17H,4,7-12H2,1H3,(H,18,19). The van der Waals surface area contributed by atoms with Crippen LogP contribution in [0.25, 0.3) is 0 Å². The molecule has 2 N–H and O–H groups in total. The summed E-state index contributed by atoms with van der Waals surface area (Å²) in [6, 6.07) is 8.30. The lowest BCUT2D eigenvalue weighted by Gasteiger charge is -2.23. The Morgan fingerprint density at radius 1 is 1.35 bits per heavy atom. The van der Waals surface area contributed by atoms with Gasteiger partial charge in [0.15, 0.2) is 0 Å². The van der Waals surface area contributed by atoms with E-state index in [1.165, 1.54) is 0 Å². The number of nitrogens with one attached hydrogen (secondary N) is 2. The third-order valence-corrected chi connectivity index (χ3v) is 3.60. The second-order valence-electron chi connectivity index (χ2n) is 5.31. The number of piperidine rings is 1. The number of ether oxygens (including phenoxy) is 1. The smallest absolute Gasteiger partial charge is 0.220 e. The van der Waals surface area contributed by atoms with Crippen molar-refractivity contribution in [1.82, 2.24) is 10.6 Å². The van der Waals surface area contributed by atoms with E-state index in [0.29, 0.717) is 19.1 Å². The molecule has 0 unspecified atom stereocenters. The number of benzene rings is 1. The SMILES string of the molecule is Cc1ccccc1OCCCC(=O)NC1CCNCC1. The molecule has 0 radical (unpaired) electrons. The number of carbonyl (C=O) groups is 1. The molecule has 4 heteroatoms. The summed E-state index contributed by atoms with van der Waals surface area (Å²) in [5.41, 5.74) is 1.13. The van der Waals surface area contributed by atoms with E-state index >= 15 is 0 Å². The van der Waals surface area contributed by atoms with Crippen LogP contribution in [-0.4, -0.2) is 31.6 Å². The minimum absolute atomic E-state index is 0.144. The van der Waals surface area contributed by atoms with Crippen LogP contribution in [0.1, 0.15) is 31.2 Å². The zero-order valence-electron chi connectivity index (χ0n) is 12.2. The highest BCUT2D eigenvalue weighted by molar-refractivity contribution is 5.76. The van der Waals surface area contributed by atoms with Gasteiger partial charge in [-0.3, -0.25) is 4.79 Å². The first-order chi connectivity index (χ1) is 9.75. The average molecular weight is 276 g/mol. The second kappa shape index (κ2) is 7.90. The maximum Gasteiger partial charge on any atom is 0.220 e. The fourth-order valence-corrected chi connectivity index (χ4v) is 2.40. The summed E-state index contributed by atoms with van der Waals surface area (Å²) in [6.45, 7) is 4.62. The molecule has 1 aromatic rings. The van der Waals surface area contributed by atoms with Gasteiger partial charge in [0, 0.05) is 12.5 Å². The molecule has 1 saturated heterocycles. The van der Waals surface area contributed by atoms with Crippen molar-refractivity contribution in [2.45, 2.75) is 38.6 Å². The minimum atomic E-state index is 0.144. The number of aryl methyl sites for hydroxylation is 1. The number of para-hydroxylation sites is 1. The molecule has 20 heavy (non-hydrogen) atoms. The molecule has 1 fully saturated rings. The van der Waals surface area contributed by atoms with Crippen LogP contribution in [0.4, 0.5) is 0 Å². The van der Waals surface area contributed by atoms with E-state index < -0.39 is 0 Å². The maximum atomic E-state index is 11.8. The summed E-state index contributed by atoms with van der Waals surface area (Å²) >= 11 is 0. The van der Waals surface area contributed by atoms with Gasteiger partial charge >= 0.3 is 0 Å². The van der Waals surface area contributed by atoms with Crippen molar-refractivity contribution in [3.05, 3.63) is 29.8 Å². The van der Waals surface area contributed by atoms with Crippen LogP contribution in [0.3, 0.4) is 0 Å². The van der Waals surface area contributed by atoms with Gasteiger partial charge in [-0.05, 0) is 50.9 Å². The zero-order valence-corrected chi connectivity index (χ0v) is 12.2. The third-order valence-electron chi connectivity index (χ3n) is 3.60. The summed E-state index contributed by atoms with van der Waals surface area (Å²) in [4.78, 5) is 11.8. The molecule has 1 aromatic carbocycles. The fourth-order valence-electron chi connectivity index (χ4n) is 2.40. The Balaban J connectivity index is 1.60. The molecule has 1 heterocycles. The van der Waals surface area contributed by atoms with E-state index in [1.807, 2.05) is 31.2 Å². The van der Waals surface area contributed by atoms with Gasteiger partial charge in [-0.15, -0.1) is 0 Å². The van der Waals surface area contributed by atoms with Crippen LogP contribution in [0.5, 0.6) is 5.75 Å². The second-order valence-corrected chi connectivity index (χ2v) is 5.31. The van der Waals surface area contributed by atoms with Gasteiger partial charge in [-0.2, -0.15) is 0 Å². The van der Waals surface area contributed by atoms with E-state index in [-0.39, 0.29) is 5.91 Å². The Morgan fingerprint density at radius 3 is 2.85 bits per heavy atom. The quantitative estimate of drug-likeness (QED) is 0.782. The summed E-state index contributed by atoms with van der Waals surface area (Å²) in [7, 11) is 0. The lowest BCUT2D eigenvalue weighted by Crippen LogP contribution is -2.42. The zero-order chi connectivity index (χ0) is 14.2. The van der Waals surface area contributed by atoms with Crippen LogP contribution < -0.4 is 15.4 Å². The number of hydrogen-bond acceptors (Lipinski definition) is 3. The summed E-state index contributed by atoms with van der Waals surface area (Å²) in [5.74, 6) is 1.05. The van der Waals surface area contributed by atoms with Gasteiger partial charge in [0.1, 0.15) is 5.75 Å². The van der Waals surface area contributed by atoms with Gasteiger partial charge in [-0.1, -0.05) is 18.2 Å². The molecule has 0 aromatic heterocycles. The van der Waals surface area contributed by atoms with Crippen molar-refractivity contribution < 1.29 is 9.53 Å². The van der Waals surface area contributed by atoms with Gasteiger partial charge in [0.2, 0.25) is 5.91 Å². The van der Waals surface area contributed by atoms with Crippen LogP contribution in [0.15, 0.2) is 24.3 Å². The topological polar surface area (TPSA) is 50.4 Å². The Kier molecular flexibility index (Phi) is 5.87. The Labute approximate surface area is 120 Å². The highest BCUT2D eigenvalue weighted by atomic mass is 16.5. The first-order valence-electron chi connectivity index (χ1n) is 7.44. The predicted molar refractivity (Wildman–Crippen MR) is 79.9 cm³/mol. The monoisotopic (exact) mass is 276 g/mol. The molecule has 0 atom stereocenters. The highest BCUT2D eigenvalue weighted by Gasteiger charge is 2.14. The normalized spacial score (nSPS) is 15.8. The lowest BCUT2D eigenvalue weighted by atomic mass is 10.1. The van der Waals surface area contributed by atoms with Crippen molar-refractivity contribution in [3.8, 4) is 5.75 Å². The van der Waals surface area contributed by atoms with Crippen molar-refractivity contribution in [2.75, 3.05) is 19.7 Å². The molecule has 0 saturated carbocycles. The van der Waals surface area contributed by atoms with Gasteiger partial charge in [0.05, 0.1) is 6.61 Å². The highest BCUT2D eigenvalue weighted by Crippen LogP contribution is 2.16. The van der Waals surface area contributed by atoms with Crippen LogP contribution in [0.2, 0.25) is 0 Å². The van der Waals surface area contributed by atoms with Gasteiger partial charge in [-0.25, -0.2) is 0 Å². The molecule has 1 aliphatic rings. The Bertz CT molecular complexity index is 428. The first-order valence-corrected chi connectivity index (χ1v) is 7.44. The number of amides is 1. The van der Waals surface area contributed by atoms with E-state index in [9.17, 15) is 4.79 Å². The summed E-state index contributed by atoms with van der Waals surface area (Å²) in [5, 5.41) is 6.39. The van der Waals surface area contributed by atoms with E-state index in [0.717, 1.165) is 43.7 Å². The molecule has 2 rings (SSSR count). The molecule has 0 aliphatic carbocycles. The molecule has 110 valence electrons. The van der Waals surface area contributed by atoms with Crippen molar-refractivity contribution >= 4 is 5.91 Å². The summed E-state index contributed by atoms with van der Waals surface area (Å²) < 4.78 is 5.69. The van der Waals surface area contributed by atoms with Gasteiger partial charge < -0.3 is 15.4 Å². The average Bonchev–Trinajstić information content (AvgIpc) is 2.46. The predicted octanol–water partition coefficient (Wildman–Crippen LogP) is 2.02. The van der Waals surface area contributed by atoms with Crippen molar-refractivity contribution in [1.29, 1.82) is 0 Å². The molecule has 1 aliphatic heterocycles. The number of rotatable bonds is 6. The van der Waals surface area contributed by atoms with E-state index in [1.54, 1.807) is 0 Å². The van der Waals surface area contributed by atoms with Gasteiger partial charge in [0.25, 0.3) is 0 Å². The maximum absolute atomic E-state index is 11.8. The number of carbonyl (C=O) groups excluding carboxylic acids is 1. The third kappa shape index (κ3) is 4.85. The largest absolute Gasteiger partial charge is 0.493 e. The van der Waals surface area contributed by atoms with E-state index in [2.05, 4.69) is 10.6 Å². The van der Waals surface area contributed by atoms with Crippen LogP contribution in [0, 0.1) is 6.92 Å². The summed E-state index contributed by atoms with van der Waals surface area (Å²) in [6.07, 6.45) is 3.36. The molecular formula is C16H24N2O2. The molecule has 0 bridgehead atoms. The molecule has 0 spiro atoms. The molecule has 4 nitrogen and oxygen atoms in total. The van der Waals surface area contributed by atoms with Crippen molar-refractivity contribution in [2.24, 2.45) is 0 Å². The first kappa shape index (κ1) is 14.9. The van der Waals surface area contributed by atoms with Crippen molar-refractivity contribution in [3.63, 3.8) is 0 Å². The molecular weight excluding hydrogens is 252 g/mol. The molecule has 1 amide bonds. The fraction of sp³-hybridized carbons (Fsp3) is 0.562. The minimum Gasteiger partial charge on any atom is -0.493 e. The van der Waals surface area contributed by atoms with Crippen LogP contribution in [-0.2, 0) is 4.79 Å². The Hall–Kier alpha value is -1.55. The Morgan fingerprint density at radius 2 is 2.10 bits per heavy atom.